The van der Waals surface area contributed by atoms with Crippen molar-refractivity contribution >= 4 is 18.0 Å². The van der Waals surface area contributed by atoms with Crippen molar-refractivity contribution in [1.29, 1.82) is 0 Å². The number of carboxylic acids is 1. The number of hydrogen-bond acceptors (Lipinski definition) is 4. The summed E-state index contributed by atoms with van der Waals surface area (Å²) in [5.74, 6) is -1.20. The van der Waals surface area contributed by atoms with E-state index in [0.29, 0.717) is 38.9 Å². The van der Waals surface area contributed by atoms with E-state index in [2.05, 4.69) is 29.6 Å². The van der Waals surface area contributed by atoms with Gasteiger partial charge >= 0.3 is 12.1 Å². The van der Waals surface area contributed by atoms with Gasteiger partial charge in [-0.25, -0.2) is 4.79 Å². The number of carbonyl (C=O) groups is 3. The van der Waals surface area contributed by atoms with Crippen molar-refractivity contribution in [3.63, 3.8) is 0 Å². The summed E-state index contributed by atoms with van der Waals surface area (Å²) in [6.45, 7) is 3.58. The minimum absolute atomic E-state index is 0.0149. The summed E-state index contributed by atoms with van der Waals surface area (Å²) in [6, 6.07) is 16.4. The second-order valence-electron chi connectivity index (χ2n) is 9.37. The summed E-state index contributed by atoms with van der Waals surface area (Å²) in [6.07, 6.45) is 1.86. The van der Waals surface area contributed by atoms with Crippen molar-refractivity contribution in [3.05, 3.63) is 59.7 Å². The Morgan fingerprint density at radius 1 is 1.09 bits per heavy atom. The van der Waals surface area contributed by atoms with Gasteiger partial charge in [-0.15, -0.1) is 0 Å². The lowest BCUT2D eigenvalue weighted by atomic mass is 9.97. The van der Waals surface area contributed by atoms with Crippen LogP contribution >= 0.6 is 0 Å². The van der Waals surface area contributed by atoms with E-state index < -0.39 is 18.0 Å². The highest BCUT2D eigenvalue weighted by Gasteiger charge is 2.29. The quantitative estimate of drug-likeness (QED) is 0.608. The SMILES string of the molecule is CC(CCC(=O)N1CCC[C@@H](C(=O)O)C1)CNC(=O)OCC1c2ccccc2-c2ccccc21. The number of hydrogen-bond donors (Lipinski definition) is 2. The van der Waals surface area contributed by atoms with Crippen molar-refractivity contribution in [3.8, 4) is 11.1 Å². The molecule has 2 atom stereocenters. The van der Waals surface area contributed by atoms with Crippen LogP contribution in [0.3, 0.4) is 0 Å². The number of nitrogens with zero attached hydrogens (tertiary/aromatic N) is 1. The molecule has 1 heterocycles. The van der Waals surface area contributed by atoms with E-state index in [-0.39, 0.29) is 24.3 Å². The van der Waals surface area contributed by atoms with Gasteiger partial charge in [0.2, 0.25) is 5.91 Å². The van der Waals surface area contributed by atoms with E-state index in [1.54, 1.807) is 4.90 Å². The Balaban J connectivity index is 1.20. The van der Waals surface area contributed by atoms with Crippen LogP contribution in [0, 0.1) is 11.8 Å². The second-order valence-corrected chi connectivity index (χ2v) is 9.37. The highest BCUT2D eigenvalue weighted by atomic mass is 16.5. The van der Waals surface area contributed by atoms with Crippen LogP contribution in [-0.2, 0) is 14.3 Å². The molecule has 7 nitrogen and oxygen atoms in total. The number of likely N-dealkylation sites (tertiary alicyclic amines) is 1. The summed E-state index contributed by atoms with van der Waals surface area (Å²) < 4.78 is 5.56. The molecule has 7 heteroatoms. The van der Waals surface area contributed by atoms with E-state index in [1.165, 1.54) is 22.3 Å². The predicted octanol–water partition coefficient (Wildman–Crippen LogP) is 4.26. The molecule has 4 rings (SSSR count). The fraction of sp³-hybridized carbons (Fsp3) is 0.444. The number of nitrogens with one attached hydrogen (secondary N) is 1. The van der Waals surface area contributed by atoms with Crippen LogP contribution in [0.5, 0.6) is 0 Å². The highest BCUT2D eigenvalue weighted by molar-refractivity contribution is 5.79. The lowest BCUT2D eigenvalue weighted by molar-refractivity contribution is -0.145. The van der Waals surface area contributed by atoms with Crippen LogP contribution in [0.4, 0.5) is 4.79 Å². The maximum Gasteiger partial charge on any atom is 0.407 e. The lowest BCUT2D eigenvalue weighted by Crippen LogP contribution is -2.42. The monoisotopic (exact) mass is 464 g/mol. The molecule has 0 radical (unpaired) electrons. The molecule has 2 aromatic carbocycles. The zero-order valence-electron chi connectivity index (χ0n) is 19.5. The molecule has 2 amide bonds. The van der Waals surface area contributed by atoms with Crippen LogP contribution in [-0.4, -0.2) is 54.2 Å². The average Bonchev–Trinajstić information content (AvgIpc) is 3.18. The van der Waals surface area contributed by atoms with Crippen molar-refractivity contribution < 1.29 is 24.2 Å². The third-order valence-electron chi connectivity index (χ3n) is 6.91. The number of fused-ring (bicyclic) bond motifs is 3. The van der Waals surface area contributed by atoms with Crippen molar-refractivity contribution in [2.75, 3.05) is 26.2 Å². The Morgan fingerprint density at radius 2 is 1.74 bits per heavy atom. The number of carbonyl (C=O) groups excluding carboxylic acids is 2. The number of rotatable bonds is 8. The van der Waals surface area contributed by atoms with Gasteiger partial charge in [-0.05, 0) is 47.4 Å². The van der Waals surface area contributed by atoms with Crippen LogP contribution in [0.2, 0.25) is 0 Å². The molecule has 1 aliphatic carbocycles. The molecule has 0 aromatic heterocycles. The molecular weight excluding hydrogens is 432 g/mol. The van der Waals surface area contributed by atoms with Gasteiger partial charge in [0.15, 0.2) is 0 Å². The molecule has 2 aromatic rings. The first kappa shape index (κ1) is 23.8. The predicted molar refractivity (Wildman–Crippen MR) is 128 cm³/mol. The molecule has 2 N–H and O–H groups in total. The van der Waals surface area contributed by atoms with Crippen LogP contribution in [0.25, 0.3) is 11.1 Å². The first-order valence-electron chi connectivity index (χ1n) is 12.0. The van der Waals surface area contributed by atoms with E-state index in [0.717, 1.165) is 6.42 Å². The number of ether oxygens (including phenoxy) is 1. The minimum Gasteiger partial charge on any atom is -0.481 e. The molecular formula is C27H32N2O5. The van der Waals surface area contributed by atoms with Gasteiger partial charge in [-0.1, -0.05) is 55.5 Å². The Labute approximate surface area is 200 Å². The number of benzene rings is 2. The fourth-order valence-electron chi connectivity index (χ4n) is 4.94. The third kappa shape index (κ3) is 5.41. The van der Waals surface area contributed by atoms with E-state index >= 15 is 0 Å². The number of aliphatic carboxylic acids is 1. The molecule has 180 valence electrons. The largest absolute Gasteiger partial charge is 0.481 e. The van der Waals surface area contributed by atoms with Crippen LogP contribution in [0.1, 0.15) is 49.7 Å². The molecule has 2 aliphatic rings. The maximum atomic E-state index is 12.5. The zero-order chi connectivity index (χ0) is 24.1. The first-order valence-corrected chi connectivity index (χ1v) is 12.0. The van der Waals surface area contributed by atoms with Gasteiger partial charge in [-0.2, -0.15) is 0 Å². The highest BCUT2D eigenvalue weighted by Crippen LogP contribution is 2.44. The van der Waals surface area contributed by atoms with Gasteiger partial charge in [0.1, 0.15) is 6.61 Å². The molecule has 0 spiro atoms. The van der Waals surface area contributed by atoms with Gasteiger partial charge in [0.25, 0.3) is 0 Å². The second kappa shape index (κ2) is 10.7. The summed E-state index contributed by atoms with van der Waals surface area (Å²) in [4.78, 5) is 37.7. The van der Waals surface area contributed by atoms with Gasteiger partial charge in [0.05, 0.1) is 5.92 Å². The molecule has 34 heavy (non-hydrogen) atoms. The number of amides is 2. The molecule has 1 fully saturated rings. The van der Waals surface area contributed by atoms with E-state index in [9.17, 15) is 19.5 Å². The molecule has 1 unspecified atom stereocenters. The van der Waals surface area contributed by atoms with Crippen molar-refractivity contribution in [2.24, 2.45) is 11.8 Å². The van der Waals surface area contributed by atoms with Gasteiger partial charge < -0.3 is 20.1 Å². The first-order chi connectivity index (χ1) is 16.4. The summed E-state index contributed by atoms with van der Waals surface area (Å²) in [7, 11) is 0. The molecule has 0 saturated carbocycles. The van der Waals surface area contributed by atoms with Crippen LogP contribution in [0.15, 0.2) is 48.5 Å². The standard InChI is InChI=1S/C27H32N2O5/c1-18(12-13-25(30)29-14-6-7-19(16-29)26(31)32)15-28-27(33)34-17-24-22-10-4-2-8-20(22)21-9-3-5-11-23(21)24/h2-5,8-11,18-19,24H,6-7,12-17H2,1H3,(H,28,33)(H,31,32)/t18?,19-/m1/s1. The topological polar surface area (TPSA) is 95.9 Å². The van der Waals surface area contributed by atoms with Gasteiger partial charge in [-0.3, -0.25) is 9.59 Å². The Hall–Kier alpha value is -3.35. The number of alkyl carbamates (subject to hydrolysis) is 1. The number of piperidine rings is 1. The Bertz CT molecular complexity index is 1010. The minimum atomic E-state index is -0.835. The Morgan fingerprint density at radius 3 is 2.38 bits per heavy atom. The Kier molecular flexibility index (Phi) is 7.50. The summed E-state index contributed by atoms with van der Waals surface area (Å²) in [5, 5.41) is 12.0. The van der Waals surface area contributed by atoms with Crippen molar-refractivity contribution in [2.45, 2.75) is 38.5 Å². The lowest BCUT2D eigenvalue weighted by Gasteiger charge is -2.31. The van der Waals surface area contributed by atoms with Crippen molar-refractivity contribution in [1.82, 2.24) is 10.2 Å². The van der Waals surface area contributed by atoms with E-state index in [1.807, 2.05) is 31.2 Å². The molecule has 1 saturated heterocycles. The smallest absolute Gasteiger partial charge is 0.407 e. The van der Waals surface area contributed by atoms with Gasteiger partial charge in [0, 0.05) is 32.0 Å². The summed E-state index contributed by atoms with van der Waals surface area (Å²) in [5.41, 5.74) is 4.72. The fourth-order valence-corrected chi connectivity index (χ4v) is 4.94. The summed E-state index contributed by atoms with van der Waals surface area (Å²) >= 11 is 0. The molecule has 0 bridgehead atoms. The third-order valence-corrected chi connectivity index (χ3v) is 6.91. The normalized spacial score (nSPS) is 18.0. The average molecular weight is 465 g/mol. The van der Waals surface area contributed by atoms with E-state index in [4.69, 9.17) is 4.74 Å². The maximum absolute atomic E-state index is 12.5. The zero-order valence-corrected chi connectivity index (χ0v) is 19.5. The molecule has 1 aliphatic heterocycles. The van der Waals surface area contributed by atoms with Crippen LogP contribution < -0.4 is 5.32 Å². The number of carboxylic acid groups (broad SMARTS) is 1.